The highest BCUT2D eigenvalue weighted by Crippen LogP contribution is 2.28. The van der Waals surface area contributed by atoms with Crippen LogP contribution in [-0.4, -0.2) is 30.0 Å². The van der Waals surface area contributed by atoms with Crippen molar-refractivity contribution in [3.63, 3.8) is 0 Å². The molecular weight excluding hydrogens is 214 g/mol. The van der Waals surface area contributed by atoms with Crippen LogP contribution >= 0.6 is 0 Å². The molecule has 3 N–H and O–H groups in total. The third kappa shape index (κ3) is 5.36. The van der Waals surface area contributed by atoms with Gasteiger partial charge >= 0.3 is 0 Å². The Labute approximate surface area is 106 Å². The quantitative estimate of drug-likeness (QED) is 0.688. The predicted octanol–water partition coefficient (Wildman–Crippen LogP) is 2.46. The third-order valence-corrected chi connectivity index (χ3v) is 4.19. The van der Waals surface area contributed by atoms with Crippen molar-refractivity contribution in [1.82, 2.24) is 0 Å². The second-order valence-corrected chi connectivity index (χ2v) is 5.62. The fourth-order valence-corrected chi connectivity index (χ4v) is 2.55. The first-order valence-electron chi connectivity index (χ1n) is 7.14. The van der Waals surface area contributed by atoms with Crippen molar-refractivity contribution in [3.05, 3.63) is 0 Å². The van der Waals surface area contributed by atoms with Crippen LogP contribution in [-0.2, 0) is 4.74 Å². The van der Waals surface area contributed by atoms with E-state index in [1.54, 1.807) is 0 Å². The van der Waals surface area contributed by atoms with Gasteiger partial charge in [0.1, 0.15) is 0 Å². The minimum absolute atomic E-state index is 0.215. The van der Waals surface area contributed by atoms with Gasteiger partial charge in [0, 0.05) is 5.54 Å². The number of aliphatic hydroxyl groups is 1. The Hall–Kier alpha value is -0.120. The van der Waals surface area contributed by atoms with Gasteiger partial charge in [-0.2, -0.15) is 0 Å². The molecule has 0 aliphatic heterocycles. The number of hydrogen-bond acceptors (Lipinski definition) is 3. The van der Waals surface area contributed by atoms with E-state index in [2.05, 4.69) is 13.8 Å². The third-order valence-electron chi connectivity index (χ3n) is 4.19. The smallest absolute Gasteiger partial charge is 0.0776 e. The average molecular weight is 243 g/mol. The fourth-order valence-electron chi connectivity index (χ4n) is 2.55. The molecule has 0 spiro atoms. The molecule has 17 heavy (non-hydrogen) atoms. The summed E-state index contributed by atoms with van der Waals surface area (Å²) in [6.45, 7) is 5.17. The molecular formula is C14H29NO2. The molecule has 1 rings (SSSR count). The Kier molecular flexibility index (Phi) is 6.45. The molecule has 0 amide bonds. The summed E-state index contributed by atoms with van der Waals surface area (Å²) in [5, 5.41) is 9.89. The van der Waals surface area contributed by atoms with E-state index < -0.39 is 0 Å². The van der Waals surface area contributed by atoms with E-state index in [1.807, 2.05) is 0 Å². The average Bonchev–Trinajstić information content (AvgIpc) is 2.81. The minimum Gasteiger partial charge on any atom is -0.391 e. The first kappa shape index (κ1) is 14.9. The van der Waals surface area contributed by atoms with Crippen LogP contribution in [0.3, 0.4) is 0 Å². The lowest BCUT2D eigenvalue weighted by Gasteiger charge is -2.27. The van der Waals surface area contributed by atoms with Crippen molar-refractivity contribution < 1.29 is 9.84 Å². The maximum atomic E-state index is 9.89. The van der Waals surface area contributed by atoms with Crippen LogP contribution in [0.15, 0.2) is 0 Å². The number of ether oxygens (including phenoxy) is 1. The topological polar surface area (TPSA) is 55.5 Å². The second kappa shape index (κ2) is 7.34. The molecule has 0 saturated heterocycles. The molecule has 1 saturated carbocycles. The van der Waals surface area contributed by atoms with E-state index in [0.29, 0.717) is 19.1 Å². The summed E-state index contributed by atoms with van der Waals surface area (Å²) in [5.41, 5.74) is 5.92. The van der Waals surface area contributed by atoms with E-state index in [-0.39, 0.29) is 11.6 Å². The zero-order chi connectivity index (χ0) is 12.7. The Morgan fingerprint density at radius 3 is 2.41 bits per heavy atom. The highest BCUT2D eigenvalue weighted by molar-refractivity contribution is 4.80. The molecule has 1 unspecified atom stereocenters. The van der Waals surface area contributed by atoms with Gasteiger partial charge in [0.05, 0.1) is 19.3 Å². The Morgan fingerprint density at radius 2 is 1.88 bits per heavy atom. The van der Waals surface area contributed by atoms with E-state index in [9.17, 15) is 5.11 Å². The lowest BCUT2D eigenvalue weighted by atomic mass is 9.95. The lowest BCUT2D eigenvalue weighted by Crippen LogP contribution is -2.43. The van der Waals surface area contributed by atoms with Crippen LogP contribution in [0.5, 0.6) is 0 Å². The van der Waals surface area contributed by atoms with Crippen LogP contribution in [0.1, 0.15) is 58.8 Å². The predicted molar refractivity (Wildman–Crippen MR) is 70.9 cm³/mol. The van der Waals surface area contributed by atoms with Gasteiger partial charge in [-0.3, -0.25) is 0 Å². The normalized spacial score (nSPS) is 19.8. The fraction of sp³-hybridized carbons (Fsp3) is 1.00. The summed E-state index contributed by atoms with van der Waals surface area (Å²) < 4.78 is 5.58. The van der Waals surface area contributed by atoms with E-state index in [1.165, 1.54) is 25.7 Å². The summed E-state index contributed by atoms with van der Waals surface area (Å²) in [4.78, 5) is 0. The van der Waals surface area contributed by atoms with Gasteiger partial charge in [0.15, 0.2) is 0 Å². The summed E-state index contributed by atoms with van der Waals surface area (Å²) in [5.74, 6) is 0.716. The highest BCUT2D eigenvalue weighted by atomic mass is 16.5. The van der Waals surface area contributed by atoms with Gasteiger partial charge in [0.2, 0.25) is 0 Å². The summed E-state index contributed by atoms with van der Waals surface area (Å²) in [6, 6.07) is 0. The Balaban J connectivity index is 2.12. The van der Waals surface area contributed by atoms with Gasteiger partial charge in [-0.15, -0.1) is 0 Å². The molecule has 0 heterocycles. The molecule has 0 bridgehead atoms. The summed E-state index contributed by atoms with van der Waals surface area (Å²) in [6.07, 6.45) is 7.64. The Morgan fingerprint density at radius 1 is 1.29 bits per heavy atom. The molecule has 0 radical (unpaired) electrons. The summed E-state index contributed by atoms with van der Waals surface area (Å²) in [7, 11) is 0. The first-order chi connectivity index (χ1) is 8.09. The van der Waals surface area contributed by atoms with E-state index >= 15 is 0 Å². The molecule has 0 aromatic carbocycles. The molecule has 1 aliphatic carbocycles. The molecule has 3 heteroatoms. The van der Waals surface area contributed by atoms with Crippen LogP contribution in [0.2, 0.25) is 0 Å². The standard InChI is InChI=1S/C14H29NO2/c1-3-14(15,4-2)11-17-10-13(16)9-12-7-5-6-8-12/h12-13,16H,3-11,15H2,1-2H3. The maximum Gasteiger partial charge on any atom is 0.0776 e. The van der Waals surface area contributed by atoms with Gasteiger partial charge < -0.3 is 15.6 Å². The number of aliphatic hydroxyl groups excluding tert-OH is 1. The first-order valence-corrected chi connectivity index (χ1v) is 7.14. The highest BCUT2D eigenvalue weighted by Gasteiger charge is 2.22. The SMILES string of the molecule is CCC(N)(CC)COCC(O)CC1CCCC1. The van der Waals surface area contributed by atoms with Crippen molar-refractivity contribution in [1.29, 1.82) is 0 Å². The molecule has 3 nitrogen and oxygen atoms in total. The zero-order valence-corrected chi connectivity index (χ0v) is 11.5. The van der Waals surface area contributed by atoms with Crippen molar-refractivity contribution in [2.45, 2.75) is 70.4 Å². The van der Waals surface area contributed by atoms with Gasteiger partial charge in [0.25, 0.3) is 0 Å². The Bertz CT molecular complexity index is 198. The monoisotopic (exact) mass is 243 g/mol. The zero-order valence-electron chi connectivity index (χ0n) is 11.5. The van der Waals surface area contributed by atoms with Crippen LogP contribution in [0.25, 0.3) is 0 Å². The molecule has 102 valence electrons. The molecule has 1 aliphatic rings. The number of hydrogen-bond donors (Lipinski definition) is 2. The van der Waals surface area contributed by atoms with Gasteiger partial charge in [-0.25, -0.2) is 0 Å². The van der Waals surface area contributed by atoms with Gasteiger partial charge in [-0.1, -0.05) is 39.5 Å². The second-order valence-electron chi connectivity index (χ2n) is 5.62. The molecule has 0 aromatic rings. The molecule has 1 fully saturated rings. The summed E-state index contributed by atoms with van der Waals surface area (Å²) >= 11 is 0. The minimum atomic E-state index is -0.309. The van der Waals surface area contributed by atoms with Crippen LogP contribution in [0.4, 0.5) is 0 Å². The number of rotatable bonds is 8. The van der Waals surface area contributed by atoms with E-state index in [0.717, 1.165) is 19.3 Å². The van der Waals surface area contributed by atoms with E-state index in [4.69, 9.17) is 10.5 Å². The molecule has 0 aromatic heterocycles. The maximum absolute atomic E-state index is 9.89. The number of nitrogens with two attached hydrogens (primary N) is 1. The van der Waals surface area contributed by atoms with Gasteiger partial charge in [-0.05, 0) is 25.2 Å². The lowest BCUT2D eigenvalue weighted by molar-refractivity contribution is 0.00366. The van der Waals surface area contributed by atoms with Crippen molar-refractivity contribution in [2.75, 3.05) is 13.2 Å². The van der Waals surface area contributed by atoms with Crippen LogP contribution < -0.4 is 5.73 Å². The largest absolute Gasteiger partial charge is 0.391 e. The van der Waals surface area contributed by atoms with Crippen molar-refractivity contribution >= 4 is 0 Å². The van der Waals surface area contributed by atoms with Crippen molar-refractivity contribution in [2.24, 2.45) is 11.7 Å². The van der Waals surface area contributed by atoms with Crippen molar-refractivity contribution in [3.8, 4) is 0 Å². The molecule has 1 atom stereocenters. The van der Waals surface area contributed by atoms with Crippen LogP contribution in [0, 0.1) is 5.92 Å².